The van der Waals surface area contributed by atoms with Gasteiger partial charge in [-0.3, -0.25) is 9.59 Å². The number of likely N-dealkylation sites (N-methyl/N-ethyl adjacent to an activating group) is 2. The Morgan fingerprint density at radius 3 is 1.59 bits per heavy atom. The molecule has 1 aliphatic carbocycles. The van der Waals surface area contributed by atoms with Crippen LogP contribution in [0.3, 0.4) is 0 Å². The van der Waals surface area contributed by atoms with Crippen molar-refractivity contribution < 1.29 is 81.0 Å². The second-order valence-corrected chi connectivity index (χ2v) is 17.3. The monoisotopic (exact) mass is 1220 g/mol. The second-order valence-electron chi connectivity index (χ2n) is 16.9. The Kier molecular flexibility index (Phi) is 29.6. The van der Waals surface area contributed by atoms with E-state index >= 15 is 0 Å². The van der Waals surface area contributed by atoms with Gasteiger partial charge in [-0.1, -0.05) is 103 Å². The van der Waals surface area contributed by atoms with E-state index in [1.807, 2.05) is 26.2 Å². The minimum Gasteiger partial charge on any atom is -0.549 e. The van der Waals surface area contributed by atoms with Crippen LogP contribution in [0.5, 0.6) is 5.75 Å². The molecule has 18 nitrogen and oxygen atoms in total. The molecule has 7 rings (SSSR count). The molecule has 74 heavy (non-hydrogen) atoms. The number of aliphatic hydroxyl groups is 5. The number of fused-ring (bicyclic) bond motifs is 2. The maximum atomic E-state index is 12.4. The summed E-state index contributed by atoms with van der Waals surface area (Å²) in [6, 6.07) is 43.6. The number of alkyl halides is 1. The molecule has 1 fully saturated rings. The van der Waals surface area contributed by atoms with Crippen LogP contribution in [0.2, 0.25) is 0 Å². The van der Waals surface area contributed by atoms with Crippen molar-refractivity contribution in [3.05, 3.63) is 160 Å². The van der Waals surface area contributed by atoms with Crippen molar-refractivity contribution in [3.8, 4) is 5.75 Å². The number of carboxylic acids is 3. The van der Waals surface area contributed by atoms with Crippen molar-refractivity contribution in [1.29, 1.82) is 0 Å². The van der Waals surface area contributed by atoms with E-state index in [9.17, 15) is 34.5 Å². The summed E-state index contributed by atoms with van der Waals surface area (Å²) in [5, 5.41) is 78.0. The van der Waals surface area contributed by atoms with Crippen LogP contribution < -0.4 is 38.0 Å². The van der Waals surface area contributed by atoms with E-state index in [0.29, 0.717) is 40.7 Å². The Morgan fingerprint density at radius 1 is 0.730 bits per heavy atom. The molecule has 5 aromatic carbocycles. The third-order valence-corrected chi connectivity index (χ3v) is 11.9. The second kappa shape index (κ2) is 33.1. The molecule has 20 heteroatoms. The molecule has 0 radical (unpaired) electrons. The van der Waals surface area contributed by atoms with Gasteiger partial charge >= 0.3 is 27.0 Å². The van der Waals surface area contributed by atoms with Gasteiger partial charge in [0.2, 0.25) is 0 Å². The Hall–Kier alpha value is -5.86. The third-order valence-electron chi connectivity index (χ3n) is 11.7. The molecule has 1 aromatic heterocycles. The maximum absolute atomic E-state index is 12.4. The molecule has 1 aliphatic rings. The number of aliphatic carboxylic acids is 3. The normalized spacial score (nSPS) is 14.0. The van der Waals surface area contributed by atoms with Crippen LogP contribution in [0.15, 0.2) is 138 Å². The number of hydrogen-bond acceptors (Lipinski definition) is 16. The van der Waals surface area contributed by atoms with Gasteiger partial charge in [-0.25, -0.2) is 0 Å². The molecule has 0 amide bonds. The molecule has 4 atom stereocenters. The summed E-state index contributed by atoms with van der Waals surface area (Å²) < 4.78 is 7.53. The van der Waals surface area contributed by atoms with Crippen molar-refractivity contribution in [2.24, 2.45) is 5.41 Å². The number of aromatic nitrogens is 1. The number of benzene rings is 5. The van der Waals surface area contributed by atoms with Crippen LogP contribution in [-0.2, 0) is 42.0 Å². The van der Waals surface area contributed by atoms with Crippen LogP contribution in [0.25, 0.3) is 33.0 Å². The number of allylic oxidation sites excluding steroid dienone is 1. The molecule has 0 saturated heterocycles. The fourth-order valence-corrected chi connectivity index (χ4v) is 7.82. The Labute approximate surface area is 449 Å². The molecule has 404 valence electrons. The van der Waals surface area contributed by atoms with Crippen molar-refractivity contribution in [2.75, 3.05) is 53.3 Å². The number of hydrogen-bond donors (Lipinski definition) is 9. The molecule has 0 aliphatic heterocycles. The number of para-hydroxylation sites is 2. The summed E-state index contributed by atoms with van der Waals surface area (Å²) in [6.07, 6.45) is -3.92. The van der Waals surface area contributed by atoms with Crippen LogP contribution >= 0.6 is 11.6 Å². The molecule has 0 spiro atoms. The number of pyridine rings is 1. The number of nitrogens with zero attached hydrogens (tertiary/aromatic N) is 2. The fourth-order valence-electron chi connectivity index (χ4n) is 7.63. The van der Waals surface area contributed by atoms with Crippen molar-refractivity contribution in [1.82, 2.24) is 27.1 Å². The van der Waals surface area contributed by atoms with Crippen LogP contribution in [0, 0.1) is 5.41 Å². The van der Waals surface area contributed by atoms with Gasteiger partial charge in [0.25, 0.3) is 0 Å². The minimum atomic E-state index is -1.67. The molecule has 0 bridgehead atoms. The van der Waals surface area contributed by atoms with Crippen LogP contribution in [0.4, 0.5) is 0 Å². The number of carboxylic acid groups (broad SMARTS) is 3. The van der Waals surface area contributed by atoms with Crippen LogP contribution in [-0.4, -0.2) is 136 Å². The van der Waals surface area contributed by atoms with E-state index in [-0.39, 0.29) is 64.7 Å². The quantitative estimate of drug-likeness (QED) is 0.0244. The smallest absolute Gasteiger partial charge is 0.549 e. The predicted octanol–water partition coefficient (Wildman–Crippen LogP) is 3.07. The Balaban J connectivity index is 0.000000527. The van der Waals surface area contributed by atoms with E-state index in [1.54, 1.807) is 60.1 Å². The number of carbonyl (C=O) groups excluding carboxylic acids is 2. The van der Waals surface area contributed by atoms with Gasteiger partial charge in [0.1, 0.15) is 37.2 Å². The first-order valence-corrected chi connectivity index (χ1v) is 23.4. The van der Waals surface area contributed by atoms with Gasteiger partial charge in [0.15, 0.2) is 5.43 Å². The predicted molar refractivity (Wildman–Crippen MR) is 279 cm³/mol. The molecule has 0 unspecified atom stereocenters. The van der Waals surface area contributed by atoms with Crippen molar-refractivity contribution >= 4 is 62.5 Å². The summed E-state index contributed by atoms with van der Waals surface area (Å²) in [7, 11) is 5.67. The standard InChI is InChI=1S/C26H28ClNO.C15H11NO3.C7H17NO5.C6H8O4.2H3N.Pt/c1-28(2)19-20-29-24-15-13-23(14-16-24)26(22-11-7-4-8-12-22)25(17-18-27)21-9-5-3-6-10-21;17-14(18)9-16-12-7-3-1-5-10(12)15(19)11-6-2-4-8-13(11)16;1-8-2-4(10)6(12)7(13)5(11)3-9;7-4(8)6(5(9)10)2-1-3-6;;;/h3-16H,17-20H2,1-2H3;1-8H,9H2,(H,17,18);4-13H,2-3H2,1H3;1-3H2,(H,7,8)(H,9,10);2*1H3;/q;;;;;;+2/p-2/b26-25-;;;;;;/t;;4-,5+,6+,7+;;;;/m..0..../s1. The minimum absolute atomic E-state index is 0. The number of ether oxygens (including phenoxy) is 1. The molecule has 1 saturated carbocycles. The first kappa shape index (κ1) is 66.2. The molecular formula is C54H68ClN5O13Pt. The zero-order chi connectivity index (χ0) is 52.1. The molecular weight excluding hydrogens is 1160 g/mol. The van der Waals surface area contributed by atoms with E-state index in [0.717, 1.165) is 18.7 Å². The largest absolute Gasteiger partial charge is 2.00 e. The summed E-state index contributed by atoms with van der Waals surface area (Å²) >= 11 is 6.21. The third kappa shape index (κ3) is 18.2. The summed E-state index contributed by atoms with van der Waals surface area (Å²) in [5.41, 5.74) is 5.61. The number of halogens is 1. The topological polar surface area (TPSA) is 335 Å². The van der Waals surface area contributed by atoms with Crippen molar-refractivity contribution in [3.63, 3.8) is 0 Å². The zero-order valence-electron chi connectivity index (χ0n) is 41.6. The van der Waals surface area contributed by atoms with Gasteiger partial charge in [0.05, 0.1) is 35.7 Å². The SMILES string of the molecule is CN(C)CCOc1ccc(/C(=C(/CCCl)c2ccccc2)c2ccccc2)cc1.CNC[C@H](O)[C@@H](O)[C@H](O)[C@H](O)CO.N.N.O=C(O)Cn1c2ccccc2c(=O)c2ccccc21.O=C([O-])C1(C(=O)[O-])CCC1.[Pt+2]. The van der Waals surface area contributed by atoms with E-state index in [4.69, 9.17) is 41.9 Å². The fraction of sp³-hybridized carbons (Fsp3) is 0.333. The van der Waals surface area contributed by atoms with Gasteiger partial charge in [0, 0.05) is 35.2 Å². The first-order chi connectivity index (χ1) is 34.0. The van der Waals surface area contributed by atoms with Crippen LogP contribution in [0.1, 0.15) is 42.4 Å². The Morgan fingerprint density at radius 2 is 1.19 bits per heavy atom. The first-order valence-electron chi connectivity index (χ1n) is 22.9. The van der Waals surface area contributed by atoms with Crippen molar-refractivity contribution in [2.45, 2.75) is 56.6 Å². The Bertz CT molecular complexity index is 2650. The molecule has 1 heterocycles. The summed E-state index contributed by atoms with van der Waals surface area (Å²) in [4.78, 5) is 45.9. The molecule has 13 N–H and O–H groups in total. The van der Waals surface area contributed by atoms with Gasteiger partial charge < -0.3 is 82.3 Å². The van der Waals surface area contributed by atoms with E-state index in [2.05, 4.69) is 83.0 Å². The van der Waals surface area contributed by atoms with Gasteiger partial charge in [-0.05, 0) is 105 Å². The number of rotatable bonds is 19. The zero-order valence-corrected chi connectivity index (χ0v) is 44.7. The summed E-state index contributed by atoms with van der Waals surface area (Å²) in [6.45, 7) is 0.836. The number of aliphatic hydroxyl groups excluding tert-OH is 5. The maximum Gasteiger partial charge on any atom is 2.00 e. The van der Waals surface area contributed by atoms with Gasteiger partial charge in [-0.15, -0.1) is 11.6 Å². The molecule has 6 aromatic rings. The number of nitrogens with one attached hydrogen (secondary N) is 1. The summed E-state index contributed by atoms with van der Waals surface area (Å²) in [5.74, 6) is -2.50. The van der Waals surface area contributed by atoms with E-state index in [1.165, 1.54) is 27.8 Å². The van der Waals surface area contributed by atoms with Gasteiger partial charge in [-0.2, -0.15) is 0 Å². The number of carbonyl (C=O) groups is 3. The average Bonchev–Trinajstić information content (AvgIpc) is 3.35. The average molecular weight is 1230 g/mol. The van der Waals surface area contributed by atoms with E-state index < -0.39 is 54.3 Å².